The summed E-state index contributed by atoms with van der Waals surface area (Å²) >= 11 is 0. The molecule has 0 saturated heterocycles. The van der Waals surface area contributed by atoms with Crippen LogP contribution >= 0.6 is 0 Å². The molecule has 0 fully saturated rings. The Morgan fingerprint density at radius 1 is 0.647 bits per heavy atom. The van der Waals surface area contributed by atoms with Crippen molar-refractivity contribution in [1.29, 1.82) is 0 Å². The molecule has 2 nitrogen and oxygen atoms in total. The minimum Gasteiger partial charge on any atom is -0.305 e. The number of pyridine rings is 2. The van der Waals surface area contributed by atoms with Gasteiger partial charge in [-0.2, -0.15) is 0 Å². The first-order valence-corrected chi connectivity index (χ1v) is 14.2. The first-order valence-electron chi connectivity index (χ1n) is 11.2. The summed E-state index contributed by atoms with van der Waals surface area (Å²) in [4.78, 5) is 8.87. The van der Waals surface area contributed by atoms with Crippen molar-refractivity contribution in [2.45, 2.75) is 13.1 Å². The van der Waals surface area contributed by atoms with E-state index in [4.69, 9.17) is 0 Å². The summed E-state index contributed by atoms with van der Waals surface area (Å²) in [5.41, 5.74) is 3.10. The molecule has 0 unspecified atom stereocenters. The average Bonchev–Trinajstić information content (AvgIpc) is 3.13. The molecule has 0 atom stereocenters. The van der Waals surface area contributed by atoms with Crippen LogP contribution in [-0.2, 0) is 20.1 Å². The van der Waals surface area contributed by atoms with Crippen molar-refractivity contribution in [3.8, 4) is 11.3 Å². The summed E-state index contributed by atoms with van der Waals surface area (Å²) in [5, 5.41) is 9.76. The van der Waals surface area contributed by atoms with E-state index in [9.17, 15) is 0 Å². The third kappa shape index (κ3) is 3.50. The smallest absolute Gasteiger partial charge is 0.0932 e. The molecule has 0 aliphatic carbocycles. The van der Waals surface area contributed by atoms with Gasteiger partial charge in [0.2, 0.25) is 0 Å². The van der Waals surface area contributed by atoms with Gasteiger partial charge in [-0.05, 0) is 34.1 Å². The van der Waals surface area contributed by atoms with E-state index in [1.165, 1.54) is 32.1 Å². The number of hydrogen-bond donors (Lipinski definition) is 0. The van der Waals surface area contributed by atoms with E-state index in [1.807, 2.05) is 54.7 Å². The molecule has 1 aliphatic heterocycles. The summed E-state index contributed by atoms with van der Waals surface area (Å²) in [6, 6.07) is 35.6. The van der Waals surface area contributed by atoms with E-state index < -0.39 is 8.07 Å². The summed E-state index contributed by atoms with van der Waals surface area (Å²) in [5.74, 6) is 0. The minimum absolute atomic E-state index is 0. The molecule has 2 aromatic heterocycles. The SMILES string of the molecule is C[Si]1(C)c2cc[c-]c3c4ncccc4c4cccc1c4c23.[Ir].[c-]1ccccc1-c1ccccn1. The number of rotatable bonds is 1. The van der Waals surface area contributed by atoms with Crippen LogP contribution in [0, 0.1) is 12.1 Å². The molecule has 0 spiro atoms. The monoisotopic (exact) mass is 631 g/mol. The van der Waals surface area contributed by atoms with Crippen LogP contribution in [0.2, 0.25) is 13.1 Å². The molecule has 1 radical (unpaired) electrons. The van der Waals surface area contributed by atoms with Gasteiger partial charge < -0.3 is 9.97 Å². The molecule has 0 amide bonds. The van der Waals surface area contributed by atoms with Crippen molar-refractivity contribution >= 4 is 50.9 Å². The van der Waals surface area contributed by atoms with Crippen LogP contribution in [0.1, 0.15) is 0 Å². The number of nitrogens with zero attached hydrogens (tertiary/aromatic N) is 2. The van der Waals surface area contributed by atoms with E-state index >= 15 is 0 Å². The largest absolute Gasteiger partial charge is 0.305 e. The zero-order valence-corrected chi connectivity index (χ0v) is 22.4. The standard InChI is InChI=1S/C19H14NSi.C11H8N.Ir/c1-21(2)15-9-3-6-12-13-8-5-11-20-19(13)14-7-4-10-16(21)18(14)17(12)15;1-2-6-10(7-3-1)11-8-4-5-9-12-11;/h3-6,8-11H,1-2H3;1-6,8-9H;/q2*-1;. The summed E-state index contributed by atoms with van der Waals surface area (Å²) in [7, 11) is -1.59. The first-order chi connectivity index (χ1) is 16.2. The van der Waals surface area contributed by atoms with Gasteiger partial charge in [-0.15, -0.1) is 64.7 Å². The zero-order valence-electron chi connectivity index (χ0n) is 19.0. The maximum atomic E-state index is 4.66. The van der Waals surface area contributed by atoms with Crippen LogP contribution in [0.15, 0.2) is 97.3 Å². The Hall–Kier alpha value is -3.17. The maximum Gasteiger partial charge on any atom is 0.0932 e. The van der Waals surface area contributed by atoms with Gasteiger partial charge in [0.15, 0.2) is 0 Å². The van der Waals surface area contributed by atoms with Crippen molar-refractivity contribution in [1.82, 2.24) is 9.97 Å². The molecule has 167 valence electrons. The van der Waals surface area contributed by atoms with Crippen LogP contribution in [-0.4, -0.2) is 18.0 Å². The van der Waals surface area contributed by atoms with Crippen LogP contribution in [0.4, 0.5) is 0 Å². The number of aromatic nitrogens is 2. The second kappa shape index (κ2) is 8.88. The van der Waals surface area contributed by atoms with Gasteiger partial charge in [-0.25, -0.2) is 0 Å². The fourth-order valence-corrected chi connectivity index (χ4v) is 8.14. The van der Waals surface area contributed by atoms with Gasteiger partial charge in [-0.1, -0.05) is 65.5 Å². The van der Waals surface area contributed by atoms with E-state index in [0.29, 0.717) is 0 Å². The summed E-state index contributed by atoms with van der Waals surface area (Å²) in [6.45, 7) is 4.91. The molecule has 6 aromatic rings. The second-order valence-corrected chi connectivity index (χ2v) is 13.2. The molecule has 7 rings (SSSR count). The molecule has 0 saturated carbocycles. The molecular weight excluding hydrogens is 609 g/mol. The van der Waals surface area contributed by atoms with Gasteiger partial charge in [0.25, 0.3) is 0 Å². The Balaban J connectivity index is 0.000000159. The van der Waals surface area contributed by atoms with Crippen molar-refractivity contribution in [3.05, 3.63) is 109 Å². The normalized spacial score (nSPS) is 13.0. The van der Waals surface area contributed by atoms with Gasteiger partial charge >= 0.3 is 0 Å². The molecule has 34 heavy (non-hydrogen) atoms. The Bertz CT molecular complexity index is 1510. The van der Waals surface area contributed by atoms with Gasteiger partial charge in [0.1, 0.15) is 0 Å². The van der Waals surface area contributed by atoms with Gasteiger partial charge in [0.05, 0.1) is 8.07 Å². The predicted molar refractivity (Wildman–Crippen MR) is 141 cm³/mol. The van der Waals surface area contributed by atoms with Crippen LogP contribution in [0.25, 0.3) is 43.7 Å². The summed E-state index contributed by atoms with van der Waals surface area (Å²) in [6.07, 6.45) is 3.68. The third-order valence-corrected chi connectivity index (χ3v) is 10.2. The van der Waals surface area contributed by atoms with E-state index in [1.54, 1.807) is 11.4 Å². The van der Waals surface area contributed by atoms with Crippen molar-refractivity contribution in [2.75, 3.05) is 0 Å². The molecule has 3 heterocycles. The van der Waals surface area contributed by atoms with Crippen molar-refractivity contribution < 1.29 is 20.1 Å². The van der Waals surface area contributed by atoms with Gasteiger partial charge in [0, 0.05) is 32.5 Å². The Morgan fingerprint density at radius 2 is 1.44 bits per heavy atom. The molecular formula is C30H22IrN2Si-2. The van der Waals surface area contributed by atoms with E-state index in [-0.39, 0.29) is 20.1 Å². The fourth-order valence-electron chi connectivity index (χ4n) is 5.07. The van der Waals surface area contributed by atoms with E-state index in [2.05, 4.69) is 71.6 Å². The molecule has 0 N–H and O–H groups in total. The van der Waals surface area contributed by atoms with Crippen LogP contribution < -0.4 is 10.4 Å². The number of fused-ring (bicyclic) bond motifs is 3. The average molecular weight is 631 g/mol. The number of benzene rings is 4. The molecule has 0 bridgehead atoms. The molecule has 4 aromatic carbocycles. The Labute approximate surface area is 214 Å². The van der Waals surface area contributed by atoms with Crippen LogP contribution in [0.5, 0.6) is 0 Å². The zero-order chi connectivity index (χ0) is 22.4. The minimum atomic E-state index is -1.59. The van der Waals surface area contributed by atoms with Crippen molar-refractivity contribution in [3.63, 3.8) is 0 Å². The Morgan fingerprint density at radius 3 is 2.24 bits per heavy atom. The van der Waals surface area contributed by atoms with Crippen molar-refractivity contribution in [2.24, 2.45) is 0 Å². The first kappa shape index (κ1) is 22.6. The molecule has 1 aliphatic rings. The van der Waals surface area contributed by atoms with Gasteiger partial charge in [-0.3, -0.25) is 0 Å². The number of hydrogen-bond acceptors (Lipinski definition) is 2. The Kier molecular flexibility index (Phi) is 5.91. The second-order valence-electron chi connectivity index (χ2n) is 8.89. The maximum absolute atomic E-state index is 4.66. The fraction of sp³-hybridized carbons (Fsp3) is 0.0667. The predicted octanol–water partition coefficient (Wildman–Crippen LogP) is 6.02. The molecule has 4 heteroatoms. The summed E-state index contributed by atoms with van der Waals surface area (Å²) < 4.78 is 0. The van der Waals surface area contributed by atoms with Crippen LogP contribution in [0.3, 0.4) is 0 Å². The quantitative estimate of drug-likeness (QED) is 0.126. The third-order valence-electron chi connectivity index (χ3n) is 6.64. The topological polar surface area (TPSA) is 25.8 Å². The van der Waals surface area contributed by atoms with E-state index in [0.717, 1.165) is 16.8 Å².